The number of carboxylic acid groups (broad SMARTS) is 1. The van der Waals surface area contributed by atoms with Crippen LogP contribution in [0.2, 0.25) is 0 Å². The first kappa shape index (κ1) is 25.3. The van der Waals surface area contributed by atoms with Gasteiger partial charge in [0, 0.05) is 31.8 Å². The molecule has 34 heavy (non-hydrogen) atoms. The summed E-state index contributed by atoms with van der Waals surface area (Å²) in [5.74, 6) is -0.640. The molecule has 182 valence electrons. The first-order valence-corrected chi connectivity index (χ1v) is 11.9. The fraction of sp³-hybridized carbons (Fsp3) is 0.444. The average molecular weight is 467 g/mol. The van der Waals surface area contributed by atoms with Crippen LogP contribution in [0.25, 0.3) is 11.1 Å². The van der Waals surface area contributed by atoms with Crippen LogP contribution in [0.5, 0.6) is 0 Å². The molecule has 0 saturated carbocycles. The number of carbonyl (C=O) groups excluding carboxylic acids is 2. The number of alkyl carbamates (subject to hydrolysis) is 1. The van der Waals surface area contributed by atoms with Crippen LogP contribution in [0.4, 0.5) is 4.79 Å². The number of carbonyl (C=O) groups is 3. The SMILES string of the molecule is CC(CCC(=O)O)CNC(=O)CC(C)CCNC(=O)OCC1c2ccccc2-c2ccccc21. The molecule has 0 heterocycles. The number of carboxylic acids is 1. The highest BCUT2D eigenvalue weighted by molar-refractivity contribution is 5.79. The van der Waals surface area contributed by atoms with Crippen LogP contribution in [0.3, 0.4) is 0 Å². The van der Waals surface area contributed by atoms with Crippen molar-refractivity contribution in [3.63, 3.8) is 0 Å². The molecule has 0 aliphatic heterocycles. The third-order valence-corrected chi connectivity index (χ3v) is 6.28. The second kappa shape index (κ2) is 12.2. The Labute approximate surface area is 200 Å². The van der Waals surface area contributed by atoms with E-state index in [0.29, 0.717) is 32.4 Å². The Balaban J connectivity index is 1.35. The molecule has 7 nitrogen and oxygen atoms in total. The Morgan fingerprint density at radius 2 is 1.53 bits per heavy atom. The van der Waals surface area contributed by atoms with Gasteiger partial charge in [-0.25, -0.2) is 4.79 Å². The predicted octanol–water partition coefficient (Wildman–Crippen LogP) is 4.56. The first-order chi connectivity index (χ1) is 16.3. The minimum absolute atomic E-state index is 0.0265. The van der Waals surface area contributed by atoms with Gasteiger partial charge in [-0.3, -0.25) is 9.59 Å². The highest BCUT2D eigenvalue weighted by Gasteiger charge is 2.28. The summed E-state index contributed by atoms with van der Waals surface area (Å²) in [6.45, 7) is 5.06. The summed E-state index contributed by atoms with van der Waals surface area (Å²) >= 11 is 0. The summed E-state index contributed by atoms with van der Waals surface area (Å²) in [6.07, 6.45) is 1.21. The summed E-state index contributed by atoms with van der Waals surface area (Å²) in [5.41, 5.74) is 4.73. The monoisotopic (exact) mass is 466 g/mol. The lowest BCUT2D eigenvalue weighted by molar-refractivity contribution is -0.137. The molecule has 0 radical (unpaired) electrons. The van der Waals surface area contributed by atoms with Gasteiger partial charge in [0.1, 0.15) is 6.61 Å². The smallest absolute Gasteiger partial charge is 0.407 e. The van der Waals surface area contributed by atoms with Gasteiger partial charge in [0.05, 0.1) is 0 Å². The lowest BCUT2D eigenvalue weighted by Gasteiger charge is -2.16. The van der Waals surface area contributed by atoms with Gasteiger partial charge in [-0.15, -0.1) is 0 Å². The van der Waals surface area contributed by atoms with Gasteiger partial charge in [-0.05, 0) is 46.9 Å². The summed E-state index contributed by atoms with van der Waals surface area (Å²) in [6, 6.07) is 16.4. The van der Waals surface area contributed by atoms with E-state index in [4.69, 9.17) is 9.84 Å². The van der Waals surface area contributed by atoms with E-state index < -0.39 is 12.1 Å². The second-order valence-electron chi connectivity index (χ2n) is 9.19. The van der Waals surface area contributed by atoms with Crippen LogP contribution in [0, 0.1) is 11.8 Å². The Bertz CT molecular complexity index is 961. The second-order valence-corrected chi connectivity index (χ2v) is 9.19. The number of ether oxygens (including phenoxy) is 1. The summed E-state index contributed by atoms with van der Waals surface area (Å²) in [7, 11) is 0. The summed E-state index contributed by atoms with van der Waals surface area (Å²) in [5, 5.41) is 14.4. The number of nitrogens with one attached hydrogen (secondary N) is 2. The number of rotatable bonds is 12. The van der Waals surface area contributed by atoms with Gasteiger partial charge in [-0.2, -0.15) is 0 Å². The molecule has 7 heteroatoms. The lowest BCUT2D eigenvalue weighted by atomic mass is 9.98. The van der Waals surface area contributed by atoms with Crippen molar-refractivity contribution in [1.29, 1.82) is 0 Å². The Morgan fingerprint density at radius 3 is 2.15 bits per heavy atom. The van der Waals surface area contributed by atoms with E-state index in [-0.39, 0.29) is 36.7 Å². The zero-order valence-corrected chi connectivity index (χ0v) is 19.9. The Kier molecular flexibility index (Phi) is 9.08. The van der Waals surface area contributed by atoms with Crippen molar-refractivity contribution >= 4 is 18.0 Å². The predicted molar refractivity (Wildman–Crippen MR) is 131 cm³/mol. The Morgan fingerprint density at radius 1 is 0.912 bits per heavy atom. The van der Waals surface area contributed by atoms with Gasteiger partial charge in [0.25, 0.3) is 0 Å². The minimum atomic E-state index is -0.823. The molecule has 2 unspecified atom stereocenters. The van der Waals surface area contributed by atoms with Crippen molar-refractivity contribution in [3.05, 3.63) is 59.7 Å². The third kappa shape index (κ3) is 7.07. The summed E-state index contributed by atoms with van der Waals surface area (Å²) < 4.78 is 5.54. The third-order valence-electron chi connectivity index (χ3n) is 6.28. The van der Waals surface area contributed by atoms with E-state index in [2.05, 4.69) is 34.9 Å². The maximum Gasteiger partial charge on any atom is 0.407 e. The zero-order chi connectivity index (χ0) is 24.5. The van der Waals surface area contributed by atoms with Crippen LogP contribution < -0.4 is 10.6 Å². The van der Waals surface area contributed by atoms with Crippen LogP contribution >= 0.6 is 0 Å². The molecular formula is C27H34N2O5. The van der Waals surface area contributed by atoms with Crippen LogP contribution in [-0.2, 0) is 14.3 Å². The largest absolute Gasteiger partial charge is 0.481 e. The number of benzene rings is 2. The number of hydrogen-bond acceptors (Lipinski definition) is 4. The zero-order valence-electron chi connectivity index (χ0n) is 19.9. The summed E-state index contributed by atoms with van der Waals surface area (Å²) in [4.78, 5) is 35.0. The molecule has 2 atom stereocenters. The van der Waals surface area contributed by atoms with E-state index in [0.717, 1.165) is 0 Å². The molecule has 1 aliphatic rings. The molecule has 0 bridgehead atoms. The fourth-order valence-electron chi connectivity index (χ4n) is 4.32. The van der Waals surface area contributed by atoms with E-state index in [1.54, 1.807) is 0 Å². The van der Waals surface area contributed by atoms with Crippen LogP contribution in [0.15, 0.2) is 48.5 Å². The highest BCUT2D eigenvalue weighted by atomic mass is 16.5. The van der Waals surface area contributed by atoms with Gasteiger partial charge in [0.15, 0.2) is 0 Å². The first-order valence-electron chi connectivity index (χ1n) is 11.9. The van der Waals surface area contributed by atoms with Gasteiger partial charge >= 0.3 is 12.1 Å². The molecule has 0 fully saturated rings. The lowest BCUT2D eigenvalue weighted by Crippen LogP contribution is -2.31. The molecule has 2 aromatic rings. The highest BCUT2D eigenvalue weighted by Crippen LogP contribution is 2.44. The van der Waals surface area contributed by atoms with Crippen molar-refractivity contribution in [3.8, 4) is 11.1 Å². The fourth-order valence-corrected chi connectivity index (χ4v) is 4.32. The van der Waals surface area contributed by atoms with Gasteiger partial charge in [0.2, 0.25) is 5.91 Å². The van der Waals surface area contributed by atoms with E-state index >= 15 is 0 Å². The number of fused-ring (bicyclic) bond motifs is 3. The standard InChI is InChI=1S/C27H34N2O5/c1-18(15-25(30)29-16-19(2)11-12-26(31)32)13-14-28-27(33)34-17-24-22-9-5-3-7-20(22)21-8-4-6-10-23(21)24/h3-10,18-19,24H,11-17H2,1-2H3,(H,28,33)(H,29,30)(H,31,32). The van der Waals surface area contributed by atoms with E-state index in [9.17, 15) is 14.4 Å². The normalized spacial score (nSPS) is 13.9. The minimum Gasteiger partial charge on any atom is -0.481 e. The maximum absolute atomic E-state index is 12.3. The number of aliphatic carboxylic acids is 1. The van der Waals surface area contributed by atoms with Gasteiger partial charge in [-0.1, -0.05) is 62.4 Å². The molecule has 0 spiro atoms. The number of amides is 2. The van der Waals surface area contributed by atoms with Crippen molar-refractivity contribution in [2.24, 2.45) is 11.8 Å². The van der Waals surface area contributed by atoms with Crippen molar-refractivity contribution in [1.82, 2.24) is 10.6 Å². The number of hydrogen-bond donors (Lipinski definition) is 3. The van der Waals surface area contributed by atoms with Crippen molar-refractivity contribution in [2.45, 2.75) is 45.4 Å². The van der Waals surface area contributed by atoms with E-state index in [1.165, 1.54) is 22.3 Å². The molecule has 0 saturated heterocycles. The molecule has 2 amide bonds. The van der Waals surface area contributed by atoms with Crippen LogP contribution in [0.1, 0.15) is 56.6 Å². The molecule has 0 aromatic heterocycles. The molecule has 3 rings (SSSR count). The topological polar surface area (TPSA) is 105 Å². The maximum atomic E-state index is 12.3. The molecule has 2 aromatic carbocycles. The van der Waals surface area contributed by atoms with E-state index in [1.807, 2.05) is 38.1 Å². The van der Waals surface area contributed by atoms with Crippen molar-refractivity contribution in [2.75, 3.05) is 19.7 Å². The van der Waals surface area contributed by atoms with Gasteiger partial charge < -0.3 is 20.5 Å². The molecular weight excluding hydrogens is 432 g/mol. The average Bonchev–Trinajstić information content (AvgIpc) is 3.14. The quantitative estimate of drug-likeness (QED) is 0.425. The van der Waals surface area contributed by atoms with Crippen molar-refractivity contribution < 1.29 is 24.2 Å². The molecule has 1 aliphatic carbocycles. The molecule has 3 N–H and O–H groups in total. The Hall–Kier alpha value is -3.35. The van der Waals surface area contributed by atoms with Crippen LogP contribution in [-0.4, -0.2) is 42.8 Å².